The average molecular weight is 399 g/mol. The minimum Gasteiger partial charge on any atom is -0.339 e. The highest BCUT2D eigenvalue weighted by Crippen LogP contribution is 2.33. The fraction of sp³-hybridized carbons (Fsp3) is 0.591. The van der Waals surface area contributed by atoms with Crippen LogP contribution in [-0.2, 0) is 9.59 Å². The zero-order valence-corrected chi connectivity index (χ0v) is 17.1. The fourth-order valence-corrected chi connectivity index (χ4v) is 4.99. The second kappa shape index (κ2) is 8.14. The molecule has 0 bridgehead atoms. The third-order valence-corrected chi connectivity index (χ3v) is 6.62. The van der Waals surface area contributed by atoms with Crippen LogP contribution in [0, 0.1) is 0 Å². The number of likely N-dealkylation sites (tertiary alicyclic amines) is 2. The van der Waals surface area contributed by atoms with Crippen LogP contribution in [0.3, 0.4) is 0 Å². The molecule has 3 aliphatic rings. The van der Waals surface area contributed by atoms with E-state index in [4.69, 9.17) is 0 Å². The molecular weight excluding hydrogens is 368 g/mol. The van der Waals surface area contributed by atoms with Gasteiger partial charge in [-0.3, -0.25) is 14.4 Å². The Morgan fingerprint density at radius 1 is 1.10 bits per heavy atom. The van der Waals surface area contributed by atoms with E-state index < -0.39 is 5.54 Å². The summed E-state index contributed by atoms with van der Waals surface area (Å²) in [7, 11) is 0. The molecule has 3 saturated heterocycles. The maximum Gasteiger partial charge on any atom is 0.254 e. The largest absolute Gasteiger partial charge is 0.339 e. The molecule has 1 aromatic carbocycles. The third-order valence-electron chi connectivity index (χ3n) is 6.62. The molecule has 0 spiro atoms. The summed E-state index contributed by atoms with van der Waals surface area (Å²) in [5, 5.41) is 3.11. The van der Waals surface area contributed by atoms with Gasteiger partial charge < -0.3 is 20.0 Å². The maximum absolute atomic E-state index is 13.6. The van der Waals surface area contributed by atoms with E-state index in [2.05, 4.69) is 5.32 Å². The number of carbonyl (C=O) groups is 3. The van der Waals surface area contributed by atoms with Crippen LogP contribution in [0.25, 0.3) is 0 Å². The van der Waals surface area contributed by atoms with E-state index in [-0.39, 0.29) is 23.8 Å². The van der Waals surface area contributed by atoms with Crippen molar-refractivity contribution in [3.63, 3.8) is 0 Å². The monoisotopic (exact) mass is 398 g/mol. The molecule has 0 aromatic heterocycles. The van der Waals surface area contributed by atoms with Crippen molar-refractivity contribution in [2.24, 2.45) is 0 Å². The van der Waals surface area contributed by atoms with Crippen LogP contribution in [0.15, 0.2) is 30.3 Å². The van der Waals surface area contributed by atoms with Crippen LogP contribution in [0.4, 0.5) is 0 Å². The van der Waals surface area contributed by atoms with Crippen molar-refractivity contribution in [1.29, 1.82) is 0 Å². The first-order chi connectivity index (χ1) is 14.0. The molecule has 3 fully saturated rings. The highest BCUT2D eigenvalue weighted by molar-refractivity contribution is 5.99. The number of amides is 3. The van der Waals surface area contributed by atoms with Gasteiger partial charge in [0.25, 0.3) is 5.91 Å². The molecule has 3 aliphatic heterocycles. The summed E-state index contributed by atoms with van der Waals surface area (Å²) in [5.41, 5.74) is -0.196. The van der Waals surface area contributed by atoms with E-state index in [1.807, 2.05) is 34.9 Å². The molecule has 2 unspecified atom stereocenters. The van der Waals surface area contributed by atoms with E-state index in [0.717, 1.165) is 25.8 Å². The Labute approximate surface area is 172 Å². The molecule has 1 N–H and O–H groups in total. The molecule has 0 aliphatic carbocycles. The van der Waals surface area contributed by atoms with Crippen molar-refractivity contribution in [2.75, 3.05) is 39.3 Å². The van der Waals surface area contributed by atoms with Gasteiger partial charge in [-0.05, 0) is 44.7 Å². The van der Waals surface area contributed by atoms with Gasteiger partial charge in [0, 0.05) is 44.3 Å². The lowest BCUT2D eigenvalue weighted by molar-refractivity contribution is -0.146. The molecule has 0 saturated carbocycles. The normalized spacial score (nSPS) is 28.0. The van der Waals surface area contributed by atoms with E-state index in [1.165, 1.54) is 0 Å². The highest BCUT2D eigenvalue weighted by atomic mass is 16.2. The number of hydrogen-bond donors (Lipinski definition) is 1. The number of nitrogens with one attached hydrogen (secondary N) is 1. The van der Waals surface area contributed by atoms with Crippen LogP contribution in [0.5, 0.6) is 0 Å². The van der Waals surface area contributed by atoms with Crippen LogP contribution < -0.4 is 5.32 Å². The van der Waals surface area contributed by atoms with Crippen LogP contribution in [0.2, 0.25) is 0 Å². The first kappa shape index (κ1) is 19.9. The summed E-state index contributed by atoms with van der Waals surface area (Å²) in [5.74, 6) is 0.0554. The van der Waals surface area contributed by atoms with Crippen LogP contribution in [0.1, 0.15) is 43.0 Å². The lowest BCUT2D eigenvalue weighted by Crippen LogP contribution is -2.62. The predicted octanol–water partition coefficient (Wildman–Crippen LogP) is 1.10. The number of benzene rings is 1. The number of carbonyl (C=O) groups excluding carboxylic acids is 3. The van der Waals surface area contributed by atoms with Gasteiger partial charge in [0.1, 0.15) is 5.54 Å². The Morgan fingerprint density at radius 2 is 1.90 bits per heavy atom. The van der Waals surface area contributed by atoms with Crippen molar-refractivity contribution < 1.29 is 14.4 Å². The summed E-state index contributed by atoms with van der Waals surface area (Å²) in [6.45, 7) is 5.63. The van der Waals surface area contributed by atoms with Crippen molar-refractivity contribution in [1.82, 2.24) is 20.0 Å². The molecule has 3 heterocycles. The number of rotatable bonds is 3. The molecule has 7 heteroatoms. The van der Waals surface area contributed by atoms with E-state index in [9.17, 15) is 14.4 Å². The Morgan fingerprint density at radius 3 is 2.66 bits per heavy atom. The number of piperidine rings is 1. The maximum atomic E-state index is 13.6. The second-order valence-electron chi connectivity index (χ2n) is 8.51. The molecule has 3 amide bonds. The first-order valence-electron chi connectivity index (χ1n) is 10.7. The van der Waals surface area contributed by atoms with Gasteiger partial charge >= 0.3 is 0 Å². The Bertz CT molecular complexity index is 784. The zero-order chi connectivity index (χ0) is 20.4. The van der Waals surface area contributed by atoms with Gasteiger partial charge in [-0.1, -0.05) is 18.2 Å². The highest BCUT2D eigenvalue weighted by Gasteiger charge is 2.48. The first-order valence-corrected chi connectivity index (χ1v) is 10.7. The zero-order valence-electron chi connectivity index (χ0n) is 17.1. The summed E-state index contributed by atoms with van der Waals surface area (Å²) >= 11 is 0. The van der Waals surface area contributed by atoms with Gasteiger partial charge in [0.15, 0.2) is 0 Å². The minimum absolute atomic E-state index is 0.0200. The summed E-state index contributed by atoms with van der Waals surface area (Å²) in [4.78, 5) is 44.6. The van der Waals surface area contributed by atoms with Crippen molar-refractivity contribution in [3.05, 3.63) is 35.9 Å². The van der Waals surface area contributed by atoms with Gasteiger partial charge in [0.05, 0.1) is 6.54 Å². The fourth-order valence-electron chi connectivity index (χ4n) is 4.99. The lowest BCUT2D eigenvalue weighted by Gasteiger charge is -2.44. The van der Waals surface area contributed by atoms with Crippen LogP contribution in [-0.4, -0.2) is 83.3 Å². The SMILES string of the molecule is CC1(C(=O)N2CCCC(N3CCNCC3=O)C2)CCCN1C(=O)c1ccccc1. The smallest absolute Gasteiger partial charge is 0.254 e. The summed E-state index contributed by atoms with van der Waals surface area (Å²) in [6.07, 6.45) is 3.32. The molecule has 7 nitrogen and oxygen atoms in total. The summed E-state index contributed by atoms with van der Waals surface area (Å²) in [6, 6.07) is 9.27. The van der Waals surface area contributed by atoms with Crippen LogP contribution >= 0.6 is 0 Å². The quantitative estimate of drug-likeness (QED) is 0.828. The second-order valence-corrected chi connectivity index (χ2v) is 8.51. The Hall–Kier alpha value is -2.41. The molecule has 29 heavy (non-hydrogen) atoms. The standard InChI is InChI=1S/C22H30N4O3/c1-22(10-6-13-26(22)20(28)17-7-3-2-4-8-17)21(29)24-12-5-9-18(16-24)25-14-11-23-15-19(25)27/h2-4,7-8,18,23H,5-6,9-16H2,1H3. The molecule has 4 rings (SSSR count). The van der Waals surface area contributed by atoms with Crippen molar-refractivity contribution in [2.45, 2.75) is 44.2 Å². The molecule has 2 atom stereocenters. The minimum atomic E-state index is -0.817. The lowest BCUT2D eigenvalue weighted by atomic mass is 9.93. The molecule has 0 radical (unpaired) electrons. The van der Waals surface area contributed by atoms with Gasteiger partial charge in [-0.2, -0.15) is 0 Å². The predicted molar refractivity (Wildman–Crippen MR) is 109 cm³/mol. The third kappa shape index (κ3) is 3.75. The van der Waals surface area contributed by atoms with E-state index in [0.29, 0.717) is 44.7 Å². The van der Waals surface area contributed by atoms with Crippen molar-refractivity contribution in [3.8, 4) is 0 Å². The van der Waals surface area contributed by atoms with E-state index in [1.54, 1.807) is 17.0 Å². The van der Waals surface area contributed by atoms with E-state index >= 15 is 0 Å². The van der Waals surface area contributed by atoms with Crippen molar-refractivity contribution >= 4 is 17.7 Å². The number of nitrogens with zero attached hydrogens (tertiary/aromatic N) is 3. The molecular formula is C22H30N4O3. The number of piperazine rings is 1. The molecule has 156 valence electrons. The average Bonchev–Trinajstić information content (AvgIpc) is 3.16. The Kier molecular flexibility index (Phi) is 5.58. The van der Waals surface area contributed by atoms with Gasteiger partial charge in [0.2, 0.25) is 11.8 Å². The topological polar surface area (TPSA) is 73.0 Å². The summed E-state index contributed by atoms with van der Waals surface area (Å²) < 4.78 is 0. The van der Waals surface area contributed by atoms with Gasteiger partial charge in [-0.25, -0.2) is 0 Å². The Balaban J connectivity index is 1.49. The number of hydrogen-bond acceptors (Lipinski definition) is 4. The van der Waals surface area contributed by atoms with Gasteiger partial charge in [-0.15, -0.1) is 0 Å². The molecule has 1 aromatic rings.